The van der Waals surface area contributed by atoms with Crippen molar-refractivity contribution in [3.63, 3.8) is 0 Å². The van der Waals surface area contributed by atoms with Crippen LogP contribution in [0.25, 0.3) is 5.57 Å². The van der Waals surface area contributed by atoms with E-state index in [2.05, 4.69) is 22.6 Å². The number of carbonyl (C=O) groups is 1. The molecule has 1 fully saturated rings. The van der Waals surface area contributed by atoms with Crippen LogP contribution >= 0.6 is 22.6 Å². The average molecular weight is 543 g/mol. The lowest BCUT2D eigenvalue weighted by Gasteiger charge is -2.49. The summed E-state index contributed by atoms with van der Waals surface area (Å²) in [6, 6.07) is 13.6. The van der Waals surface area contributed by atoms with Gasteiger partial charge in [-0.25, -0.2) is 4.39 Å². The normalized spacial score (nSPS) is 23.4. The van der Waals surface area contributed by atoms with Gasteiger partial charge in [0.05, 0.1) is 18.6 Å². The number of amides is 1. The van der Waals surface area contributed by atoms with Crippen molar-refractivity contribution in [1.29, 1.82) is 0 Å². The van der Waals surface area contributed by atoms with Gasteiger partial charge in [-0.15, -0.1) is 0 Å². The van der Waals surface area contributed by atoms with Crippen LogP contribution in [-0.2, 0) is 4.79 Å². The molecule has 164 valence electrons. The lowest BCUT2D eigenvalue weighted by atomic mass is 9.75. The Bertz CT molecular complexity index is 1100. The van der Waals surface area contributed by atoms with Gasteiger partial charge in [-0.05, 0) is 88.7 Å². The SMILES string of the molecule is O=C1C(/C=C/C=C(\CO)c2ccc(I)cc2)[C@@H](C2C=CC(O)=CC2)N1c1ccc(F)cc1. The first kappa shape index (κ1) is 22.5. The van der Waals surface area contributed by atoms with Crippen molar-refractivity contribution in [2.45, 2.75) is 12.5 Å². The van der Waals surface area contributed by atoms with Crippen molar-refractivity contribution in [2.75, 3.05) is 11.5 Å². The molecule has 2 aromatic rings. The summed E-state index contributed by atoms with van der Waals surface area (Å²) in [5.41, 5.74) is 2.35. The molecule has 1 heterocycles. The third kappa shape index (κ3) is 4.71. The van der Waals surface area contributed by atoms with Gasteiger partial charge in [-0.3, -0.25) is 4.79 Å². The second-order valence-corrected chi connectivity index (χ2v) is 9.08. The minimum absolute atomic E-state index is 0.0285. The van der Waals surface area contributed by atoms with Crippen LogP contribution < -0.4 is 4.90 Å². The summed E-state index contributed by atoms with van der Waals surface area (Å²) in [6.45, 7) is -0.107. The number of β-lactam (4-membered cyclic amide) rings is 1. The molecule has 0 radical (unpaired) electrons. The largest absolute Gasteiger partial charge is 0.508 e. The van der Waals surface area contributed by atoms with Crippen LogP contribution in [0.3, 0.4) is 0 Å². The molecule has 32 heavy (non-hydrogen) atoms. The highest BCUT2D eigenvalue weighted by molar-refractivity contribution is 14.1. The Kier molecular flexibility index (Phi) is 6.91. The predicted octanol–water partition coefficient (Wildman–Crippen LogP) is 5.41. The number of anilines is 1. The van der Waals surface area contributed by atoms with Gasteiger partial charge in [-0.2, -0.15) is 0 Å². The van der Waals surface area contributed by atoms with E-state index in [1.807, 2.05) is 48.6 Å². The van der Waals surface area contributed by atoms with Crippen molar-refractivity contribution in [2.24, 2.45) is 11.8 Å². The maximum Gasteiger partial charge on any atom is 0.236 e. The number of hydrogen-bond acceptors (Lipinski definition) is 3. The molecular weight excluding hydrogens is 520 g/mol. The first-order valence-corrected chi connectivity index (χ1v) is 11.5. The zero-order chi connectivity index (χ0) is 22.7. The fourth-order valence-corrected chi connectivity index (χ4v) is 4.52. The summed E-state index contributed by atoms with van der Waals surface area (Å²) in [4.78, 5) is 14.7. The molecular formula is C26H23FINO3. The van der Waals surface area contributed by atoms with Gasteiger partial charge in [0, 0.05) is 15.2 Å². The van der Waals surface area contributed by atoms with Crippen LogP contribution in [0.5, 0.6) is 0 Å². The van der Waals surface area contributed by atoms with Crippen LogP contribution in [0.4, 0.5) is 10.1 Å². The number of halogens is 2. The minimum Gasteiger partial charge on any atom is -0.508 e. The van der Waals surface area contributed by atoms with Gasteiger partial charge in [-0.1, -0.05) is 36.4 Å². The molecule has 1 amide bonds. The number of nitrogens with zero attached hydrogens (tertiary/aromatic N) is 1. The summed E-state index contributed by atoms with van der Waals surface area (Å²) < 4.78 is 14.5. The molecule has 0 aromatic heterocycles. The van der Waals surface area contributed by atoms with E-state index in [0.29, 0.717) is 12.1 Å². The van der Waals surface area contributed by atoms with Crippen LogP contribution in [0.15, 0.2) is 90.7 Å². The molecule has 4 nitrogen and oxygen atoms in total. The number of aliphatic hydroxyl groups excluding tert-OH is 2. The lowest BCUT2D eigenvalue weighted by molar-refractivity contribution is -0.128. The zero-order valence-corrected chi connectivity index (χ0v) is 19.4. The first-order chi connectivity index (χ1) is 15.5. The molecule has 2 aromatic carbocycles. The minimum atomic E-state index is -0.351. The van der Waals surface area contributed by atoms with Crippen LogP contribution in [0.1, 0.15) is 12.0 Å². The number of allylic oxidation sites excluding steroid dienone is 4. The van der Waals surface area contributed by atoms with E-state index in [4.69, 9.17) is 0 Å². The maximum absolute atomic E-state index is 13.4. The summed E-state index contributed by atoms with van der Waals surface area (Å²) >= 11 is 2.23. The molecule has 2 unspecified atom stereocenters. The van der Waals surface area contributed by atoms with Gasteiger partial charge in [0.25, 0.3) is 0 Å². The molecule has 1 aliphatic heterocycles. The van der Waals surface area contributed by atoms with E-state index in [0.717, 1.165) is 14.7 Å². The average Bonchev–Trinajstić information content (AvgIpc) is 2.80. The number of aliphatic hydroxyl groups is 2. The molecule has 2 N–H and O–H groups in total. The number of benzene rings is 2. The predicted molar refractivity (Wildman–Crippen MR) is 132 cm³/mol. The molecule has 0 bridgehead atoms. The van der Waals surface area contributed by atoms with Crippen molar-refractivity contribution in [3.8, 4) is 0 Å². The van der Waals surface area contributed by atoms with E-state index in [-0.39, 0.29) is 42.0 Å². The Morgan fingerprint density at radius 3 is 2.50 bits per heavy atom. The molecule has 0 spiro atoms. The van der Waals surface area contributed by atoms with Gasteiger partial charge in [0.1, 0.15) is 11.6 Å². The highest BCUT2D eigenvalue weighted by Gasteiger charge is 2.49. The monoisotopic (exact) mass is 543 g/mol. The van der Waals surface area contributed by atoms with E-state index < -0.39 is 0 Å². The van der Waals surface area contributed by atoms with Gasteiger partial charge in [0.15, 0.2) is 0 Å². The molecule has 4 rings (SSSR count). The molecule has 2 aliphatic rings. The molecule has 0 saturated carbocycles. The molecule has 1 saturated heterocycles. The van der Waals surface area contributed by atoms with Gasteiger partial charge >= 0.3 is 0 Å². The van der Waals surface area contributed by atoms with Crippen LogP contribution in [-0.4, -0.2) is 28.8 Å². The quantitative estimate of drug-likeness (QED) is 0.291. The second-order valence-electron chi connectivity index (χ2n) is 7.83. The van der Waals surface area contributed by atoms with E-state index in [1.165, 1.54) is 12.1 Å². The standard InChI is InChI=1S/C26H23FINO3/c27-20-8-12-22(13-9-20)29-25(18-6-14-23(31)15-7-18)24(26(29)32)3-1-2-19(16-30)17-4-10-21(28)11-5-17/h1-6,8-15,18,24-25,30-31H,7,16H2/b3-1+,19-2+/t18?,24?,25-/m1/s1. The van der Waals surface area contributed by atoms with Gasteiger partial charge < -0.3 is 15.1 Å². The summed E-state index contributed by atoms with van der Waals surface area (Å²) in [5, 5.41) is 19.5. The Hall–Kier alpha value is -2.71. The molecule has 6 heteroatoms. The van der Waals surface area contributed by atoms with Crippen LogP contribution in [0, 0.1) is 21.2 Å². The Morgan fingerprint density at radius 2 is 1.88 bits per heavy atom. The topological polar surface area (TPSA) is 60.8 Å². The number of hydrogen-bond donors (Lipinski definition) is 2. The highest BCUT2D eigenvalue weighted by atomic mass is 127. The molecule has 3 atom stereocenters. The fraction of sp³-hybridized carbons (Fsp3) is 0.192. The van der Waals surface area contributed by atoms with Gasteiger partial charge in [0.2, 0.25) is 5.91 Å². The van der Waals surface area contributed by atoms with E-state index in [9.17, 15) is 19.4 Å². The van der Waals surface area contributed by atoms with E-state index >= 15 is 0 Å². The first-order valence-electron chi connectivity index (χ1n) is 10.4. The number of rotatable bonds is 6. The highest BCUT2D eigenvalue weighted by Crippen LogP contribution is 2.40. The lowest BCUT2D eigenvalue weighted by Crippen LogP contribution is -2.63. The van der Waals surface area contributed by atoms with Crippen molar-refractivity contribution < 1.29 is 19.4 Å². The number of carbonyl (C=O) groups excluding carboxylic acids is 1. The smallest absolute Gasteiger partial charge is 0.236 e. The third-order valence-electron chi connectivity index (χ3n) is 5.85. The third-order valence-corrected chi connectivity index (χ3v) is 6.57. The Labute approximate surface area is 200 Å². The second kappa shape index (κ2) is 9.83. The van der Waals surface area contributed by atoms with Crippen molar-refractivity contribution in [3.05, 3.63) is 106 Å². The summed E-state index contributed by atoms with van der Waals surface area (Å²) in [6.07, 6.45) is 11.4. The fourth-order valence-electron chi connectivity index (χ4n) is 4.16. The molecule has 1 aliphatic carbocycles. The van der Waals surface area contributed by atoms with E-state index in [1.54, 1.807) is 29.2 Å². The maximum atomic E-state index is 13.4. The summed E-state index contributed by atoms with van der Waals surface area (Å²) in [7, 11) is 0. The Balaban J connectivity index is 1.58. The zero-order valence-electron chi connectivity index (χ0n) is 17.2. The van der Waals surface area contributed by atoms with Crippen molar-refractivity contribution >= 4 is 39.8 Å². The summed E-state index contributed by atoms with van der Waals surface area (Å²) in [5.74, 6) is -0.506. The Morgan fingerprint density at radius 1 is 1.16 bits per heavy atom. The van der Waals surface area contributed by atoms with Crippen LogP contribution in [0.2, 0.25) is 0 Å². The van der Waals surface area contributed by atoms with Crippen molar-refractivity contribution in [1.82, 2.24) is 0 Å².